The summed E-state index contributed by atoms with van der Waals surface area (Å²) in [5.41, 5.74) is 1.88. The van der Waals surface area contributed by atoms with Gasteiger partial charge < -0.3 is 15.4 Å². The third kappa shape index (κ3) is 7.37. The molecule has 1 fully saturated rings. The molecule has 0 aromatic heterocycles. The topological polar surface area (TPSA) is 67.4 Å². The first kappa shape index (κ1) is 24.3. The van der Waals surface area contributed by atoms with E-state index in [2.05, 4.69) is 33.5 Å². The zero-order valence-corrected chi connectivity index (χ0v) is 20.4. The fourth-order valence-electron chi connectivity index (χ4n) is 3.96. The van der Waals surface area contributed by atoms with E-state index < -0.39 is 0 Å². The molecule has 32 heavy (non-hydrogen) atoms. The standard InChI is InChI=1S/C26H33BrN2O3/c1-2-3-4-8-16-32-24-15-14-20(17-23(24)27)26(31)29-22-13-9-12-21(18-22)28-25(30)19-10-6-5-7-11-19/h9,12-15,17-19H,2-8,10-11,16H2,1H3,(H,28,30)(H,29,31). The molecule has 0 saturated heterocycles. The number of ether oxygens (including phenoxy) is 1. The van der Waals surface area contributed by atoms with Crippen LogP contribution in [0.25, 0.3) is 0 Å². The van der Waals surface area contributed by atoms with Gasteiger partial charge in [-0.05, 0) is 71.6 Å². The summed E-state index contributed by atoms with van der Waals surface area (Å²) in [7, 11) is 0. The minimum absolute atomic E-state index is 0.0717. The average molecular weight is 501 g/mol. The van der Waals surface area contributed by atoms with Gasteiger partial charge in [0.05, 0.1) is 11.1 Å². The Morgan fingerprint density at radius 3 is 2.44 bits per heavy atom. The largest absolute Gasteiger partial charge is 0.492 e. The highest BCUT2D eigenvalue weighted by Gasteiger charge is 2.21. The number of carbonyl (C=O) groups excluding carboxylic acids is 2. The fraction of sp³-hybridized carbons (Fsp3) is 0.462. The van der Waals surface area contributed by atoms with Crippen molar-refractivity contribution in [3.63, 3.8) is 0 Å². The van der Waals surface area contributed by atoms with Gasteiger partial charge in [0.25, 0.3) is 5.91 Å². The summed E-state index contributed by atoms with van der Waals surface area (Å²) in [6.45, 7) is 2.86. The van der Waals surface area contributed by atoms with Crippen molar-refractivity contribution in [2.45, 2.75) is 64.7 Å². The molecule has 0 heterocycles. The van der Waals surface area contributed by atoms with Gasteiger partial charge in [-0.15, -0.1) is 0 Å². The second kappa shape index (κ2) is 12.6. The molecule has 0 unspecified atom stereocenters. The van der Waals surface area contributed by atoms with E-state index in [0.717, 1.165) is 48.7 Å². The van der Waals surface area contributed by atoms with Gasteiger partial charge in [-0.1, -0.05) is 51.5 Å². The Morgan fingerprint density at radius 1 is 0.969 bits per heavy atom. The second-order valence-corrected chi connectivity index (χ2v) is 9.27. The molecule has 1 aliphatic carbocycles. The van der Waals surface area contributed by atoms with E-state index in [4.69, 9.17) is 4.74 Å². The molecule has 1 aliphatic rings. The van der Waals surface area contributed by atoms with Crippen LogP contribution in [-0.2, 0) is 4.79 Å². The Hall–Kier alpha value is -2.34. The van der Waals surface area contributed by atoms with E-state index in [-0.39, 0.29) is 17.7 Å². The van der Waals surface area contributed by atoms with Crippen molar-refractivity contribution >= 4 is 39.1 Å². The van der Waals surface area contributed by atoms with Crippen molar-refractivity contribution in [1.82, 2.24) is 0 Å². The van der Waals surface area contributed by atoms with Gasteiger partial charge in [0, 0.05) is 22.9 Å². The highest BCUT2D eigenvalue weighted by molar-refractivity contribution is 9.10. The number of rotatable bonds is 10. The van der Waals surface area contributed by atoms with E-state index in [1.54, 1.807) is 18.2 Å². The summed E-state index contributed by atoms with van der Waals surface area (Å²) < 4.78 is 6.58. The first-order chi connectivity index (χ1) is 15.6. The zero-order chi connectivity index (χ0) is 22.8. The minimum atomic E-state index is -0.212. The lowest BCUT2D eigenvalue weighted by molar-refractivity contribution is -0.120. The lowest BCUT2D eigenvalue weighted by atomic mass is 9.88. The number of hydrogen-bond donors (Lipinski definition) is 2. The molecule has 3 rings (SSSR count). The predicted molar refractivity (Wildman–Crippen MR) is 133 cm³/mol. The van der Waals surface area contributed by atoms with Crippen molar-refractivity contribution in [3.05, 3.63) is 52.5 Å². The first-order valence-electron chi connectivity index (χ1n) is 11.7. The van der Waals surface area contributed by atoms with E-state index >= 15 is 0 Å². The van der Waals surface area contributed by atoms with Crippen LogP contribution in [0.2, 0.25) is 0 Å². The Labute approximate surface area is 199 Å². The van der Waals surface area contributed by atoms with Crippen LogP contribution in [0.4, 0.5) is 11.4 Å². The van der Waals surface area contributed by atoms with Crippen LogP contribution in [0.3, 0.4) is 0 Å². The van der Waals surface area contributed by atoms with Crippen molar-refractivity contribution in [3.8, 4) is 5.75 Å². The van der Waals surface area contributed by atoms with Gasteiger partial charge in [0.2, 0.25) is 5.91 Å². The number of nitrogens with one attached hydrogen (secondary N) is 2. The van der Waals surface area contributed by atoms with Crippen LogP contribution in [0.1, 0.15) is 75.1 Å². The van der Waals surface area contributed by atoms with Gasteiger partial charge in [-0.2, -0.15) is 0 Å². The molecular weight excluding hydrogens is 468 g/mol. The van der Waals surface area contributed by atoms with Crippen molar-refractivity contribution in [1.29, 1.82) is 0 Å². The number of benzene rings is 2. The Balaban J connectivity index is 1.55. The lowest BCUT2D eigenvalue weighted by Gasteiger charge is -2.20. The number of hydrogen-bond acceptors (Lipinski definition) is 3. The highest BCUT2D eigenvalue weighted by atomic mass is 79.9. The van der Waals surface area contributed by atoms with Crippen molar-refractivity contribution in [2.75, 3.05) is 17.2 Å². The quantitative estimate of drug-likeness (QED) is 0.339. The normalized spacial score (nSPS) is 14.1. The van der Waals surface area contributed by atoms with Crippen molar-refractivity contribution < 1.29 is 14.3 Å². The third-order valence-electron chi connectivity index (χ3n) is 5.81. The van der Waals surface area contributed by atoms with Crippen molar-refractivity contribution in [2.24, 2.45) is 5.92 Å². The van der Waals surface area contributed by atoms with Gasteiger partial charge in [-0.25, -0.2) is 0 Å². The lowest BCUT2D eigenvalue weighted by Crippen LogP contribution is -2.24. The van der Waals surface area contributed by atoms with Crippen LogP contribution in [0.5, 0.6) is 5.75 Å². The molecule has 0 radical (unpaired) electrons. The van der Waals surface area contributed by atoms with Gasteiger partial charge in [-0.3, -0.25) is 9.59 Å². The smallest absolute Gasteiger partial charge is 0.255 e. The predicted octanol–water partition coefficient (Wildman–Crippen LogP) is 7.18. The molecule has 5 nitrogen and oxygen atoms in total. The van der Waals surface area contributed by atoms with E-state index in [9.17, 15) is 9.59 Å². The number of amides is 2. The van der Waals surface area contributed by atoms with Crippen LogP contribution in [0.15, 0.2) is 46.9 Å². The molecule has 2 aromatic carbocycles. The minimum Gasteiger partial charge on any atom is -0.492 e. The summed E-state index contributed by atoms with van der Waals surface area (Å²) in [6, 6.07) is 12.6. The SMILES string of the molecule is CCCCCCOc1ccc(C(=O)Nc2cccc(NC(=O)C3CCCCC3)c2)cc1Br. The molecule has 0 aliphatic heterocycles. The maximum absolute atomic E-state index is 12.7. The Kier molecular flexibility index (Phi) is 9.60. The highest BCUT2D eigenvalue weighted by Crippen LogP contribution is 2.28. The van der Waals surface area contributed by atoms with Crippen LogP contribution < -0.4 is 15.4 Å². The molecule has 1 saturated carbocycles. The molecule has 6 heteroatoms. The van der Waals surface area contributed by atoms with E-state index in [1.165, 1.54) is 19.3 Å². The fourth-order valence-corrected chi connectivity index (χ4v) is 4.45. The second-order valence-electron chi connectivity index (χ2n) is 8.41. The summed E-state index contributed by atoms with van der Waals surface area (Å²) in [4.78, 5) is 25.2. The van der Waals surface area contributed by atoms with E-state index in [0.29, 0.717) is 23.5 Å². The Bertz CT molecular complexity index is 910. The van der Waals surface area contributed by atoms with Gasteiger partial charge in [0.15, 0.2) is 0 Å². The zero-order valence-electron chi connectivity index (χ0n) is 18.8. The summed E-state index contributed by atoms with van der Waals surface area (Å²) in [6.07, 6.45) is 9.96. The maximum Gasteiger partial charge on any atom is 0.255 e. The number of unbranched alkanes of at least 4 members (excludes halogenated alkanes) is 3. The summed E-state index contributed by atoms with van der Waals surface area (Å²) in [5, 5.41) is 5.91. The monoisotopic (exact) mass is 500 g/mol. The number of carbonyl (C=O) groups is 2. The molecule has 0 spiro atoms. The molecule has 172 valence electrons. The molecule has 2 N–H and O–H groups in total. The average Bonchev–Trinajstić information content (AvgIpc) is 2.80. The summed E-state index contributed by atoms with van der Waals surface area (Å²) in [5.74, 6) is 0.690. The van der Waals surface area contributed by atoms with Gasteiger partial charge >= 0.3 is 0 Å². The molecule has 2 aromatic rings. The van der Waals surface area contributed by atoms with Crippen LogP contribution in [0, 0.1) is 5.92 Å². The molecule has 2 amide bonds. The van der Waals surface area contributed by atoms with Crippen LogP contribution in [-0.4, -0.2) is 18.4 Å². The molecular formula is C26H33BrN2O3. The van der Waals surface area contributed by atoms with Gasteiger partial charge in [0.1, 0.15) is 5.75 Å². The molecule has 0 bridgehead atoms. The number of halogens is 1. The Morgan fingerprint density at radius 2 is 1.72 bits per heavy atom. The maximum atomic E-state index is 12.7. The first-order valence-corrected chi connectivity index (χ1v) is 12.5. The summed E-state index contributed by atoms with van der Waals surface area (Å²) >= 11 is 3.51. The molecule has 0 atom stereocenters. The third-order valence-corrected chi connectivity index (χ3v) is 6.43. The van der Waals surface area contributed by atoms with Crippen LogP contribution >= 0.6 is 15.9 Å². The van der Waals surface area contributed by atoms with E-state index in [1.807, 2.05) is 24.3 Å². The number of anilines is 2.